The topological polar surface area (TPSA) is 108 Å². The molecule has 228 valence electrons. The van der Waals surface area contributed by atoms with Crippen molar-refractivity contribution in [3.05, 3.63) is 95.1 Å². The van der Waals surface area contributed by atoms with E-state index in [1.54, 1.807) is 30.3 Å². The van der Waals surface area contributed by atoms with E-state index in [0.29, 0.717) is 46.0 Å². The van der Waals surface area contributed by atoms with E-state index in [2.05, 4.69) is 0 Å². The SMILES string of the molecule is COc1cc(C(=O)Oc2ccc(/C=C/c3cccc(OC(=O)c4cc(OC)c(OC)c(OC)c4)c3)cc2)cc(OC)c1OC. The third kappa shape index (κ3) is 7.22. The Bertz CT molecular complexity index is 1610. The molecular formula is C34H32O10. The molecule has 0 saturated carbocycles. The van der Waals surface area contributed by atoms with E-state index in [1.807, 2.05) is 30.4 Å². The minimum absolute atomic E-state index is 0.242. The Hall–Kier alpha value is -5.64. The molecule has 0 N–H and O–H groups in total. The van der Waals surface area contributed by atoms with Gasteiger partial charge in [0.1, 0.15) is 11.5 Å². The van der Waals surface area contributed by atoms with Crippen molar-refractivity contribution >= 4 is 24.1 Å². The highest BCUT2D eigenvalue weighted by Gasteiger charge is 2.20. The molecule has 0 heterocycles. The van der Waals surface area contributed by atoms with E-state index < -0.39 is 11.9 Å². The van der Waals surface area contributed by atoms with Crippen LogP contribution < -0.4 is 37.9 Å². The Morgan fingerprint density at radius 2 is 0.909 bits per heavy atom. The van der Waals surface area contributed by atoms with E-state index in [-0.39, 0.29) is 11.1 Å². The summed E-state index contributed by atoms with van der Waals surface area (Å²) in [4.78, 5) is 25.7. The van der Waals surface area contributed by atoms with Crippen LogP contribution in [0.4, 0.5) is 0 Å². The average molecular weight is 601 g/mol. The maximum atomic E-state index is 12.9. The van der Waals surface area contributed by atoms with Gasteiger partial charge >= 0.3 is 11.9 Å². The first-order chi connectivity index (χ1) is 21.3. The zero-order valence-corrected chi connectivity index (χ0v) is 25.2. The van der Waals surface area contributed by atoms with Crippen molar-refractivity contribution in [1.82, 2.24) is 0 Å². The van der Waals surface area contributed by atoms with Gasteiger partial charge < -0.3 is 37.9 Å². The Labute approximate surface area is 255 Å². The molecule has 0 amide bonds. The van der Waals surface area contributed by atoms with Gasteiger partial charge in [-0.15, -0.1) is 0 Å². The molecular weight excluding hydrogens is 568 g/mol. The standard InChI is InChI=1S/C34H32O10/c1-37-27-17-23(18-28(38-2)31(27)41-5)33(35)43-25-14-12-21(13-15-25)10-11-22-8-7-9-26(16-22)44-34(36)24-19-29(39-3)32(42-6)30(20-24)40-4/h7-20H,1-6H3/b11-10+. The second kappa shape index (κ2) is 14.5. The fourth-order valence-corrected chi connectivity index (χ4v) is 4.25. The summed E-state index contributed by atoms with van der Waals surface area (Å²) in [6.45, 7) is 0. The van der Waals surface area contributed by atoms with Gasteiger partial charge in [0.15, 0.2) is 23.0 Å². The molecule has 0 saturated heterocycles. The number of carbonyl (C=O) groups is 2. The number of ether oxygens (including phenoxy) is 8. The van der Waals surface area contributed by atoms with Crippen molar-refractivity contribution < 1.29 is 47.5 Å². The van der Waals surface area contributed by atoms with Crippen LogP contribution in [0.3, 0.4) is 0 Å². The summed E-state index contributed by atoms with van der Waals surface area (Å²) in [5, 5.41) is 0. The summed E-state index contributed by atoms with van der Waals surface area (Å²) >= 11 is 0. The predicted octanol–water partition coefficient (Wildman–Crippen LogP) is 6.35. The van der Waals surface area contributed by atoms with E-state index in [9.17, 15) is 9.59 Å². The van der Waals surface area contributed by atoms with Gasteiger partial charge in [-0.25, -0.2) is 9.59 Å². The van der Waals surface area contributed by atoms with Crippen LogP contribution in [-0.2, 0) is 0 Å². The molecule has 10 heteroatoms. The van der Waals surface area contributed by atoms with Crippen LogP contribution in [-0.4, -0.2) is 54.6 Å². The lowest BCUT2D eigenvalue weighted by molar-refractivity contribution is 0.0724. The van der Waals surface area contributed by atoms with Crippen molar-refractivity contribution in [2.24, 2.45) is 0 Å². The molecule has 0 aliphatic heterocycles. The number of carbonyl (C=O) groups excluding carboxylic acids is 2. The molecule has 0 aromatic heterocycles. The van der Waals surface area contributed by atoms with Crippen LogP contribution in [0.1, 0.15) is 31.8 Å². The lowest BCUT2D eigenvalue weighted by Crippen LogP contribution is -2.09. The maximum Gasteiger partial charge on any atom is 0.343 e. The summed E-state index contributed by atoms with van der Waals surface area (Å²) < 4.78 is 43.0. The highest BCUT2D eigenvalue weighted by atomic mass is 16.6. The smallest absolute Gasteiger partial charge is 0.343 e. The van der Waals surface area contributed by atoms with Gasteiger partial charge in [0.05, 0.1) is 53.8 Å². The quantitative estimate of drug-likeness (QED) is 0.104. The molecule has 0 spiro atoms. The van der Waals surface area contributed by atoms with Crippen molar-refractivity contribution in [1.29, 1.82) is 0 Å². The van der Waals surface area contributed by atoms with E-state index in [0.717, 1.165) is 11.1 Å². The Kier molecular flexibility index (Phi) is 10.3. The first kappa shape index (κ1) is 31.3. The monoisotopic (exact) mass is 600 g/mol. The highest BCUT2D eigenvalue weighted by molar-refractivity contribution is 5.93. The van der Waals surface area contributed by atoms with Crippen molar-refractivity contribution in [3.63, 3.8) is 0 Å². The normalized spacial score (nSPS) is 10.6. The number of rotatable bonds is 12. The van der Waals surface area contributed by atoms with Gasteiger partial charge in [0, 0.05) is 0 Å². The van der Waals surface area contributed by atoms with Gasteiger partial charge in [0.25, 0.3) is 0 Å². The first-order valence-electron chi connectivity index (χ1n) is 13.3. The number of methoxy groups -OCH3 is 6. The second-order valence-corrected chi connectivity index (χ2v) is 9.08. The van der Waals surface area contributed by atoms with Crippen molar-refractivity contribution in [3.8, 4) is 46.0 Å². The number of hydrogen-bond acceptors (Lipinski definition) is 10. The van der Waals surface area contributed by atoms with Crippen molar-refractivity contribution in [2.75, 3.05) is 42.7 Å². The predicted molar refractivity (Wildman–Crippen MR) is 164 cm³/mol. The minimum Gasteiger partial charge on any atom is -0.493 e. The lowest BCUT2D eigenvalue weighted by atomic mass is 10.1. The first-order valence-corrected chi connectivity index (χ1v) is 13.3. The molecule has 4 aromatic carbocycles. The third-order valence-corrected chi connectivity index (χ3v) is 6.43. The van der Waals surface area contributed by atoms with Gasteiger partial charge in [-0.3, -0.25) is 0 Å². The van der Waals surface area contributed by atoms with Crippen LogP contribution in [0.5, 0.6) is 46.0 Å². The molecule has 10 nitrogen and oxygen atoms in total. The Balaban J connectivity index is 1.42. The molecule has 0 fully saturated rings. The third-order valence-electron chi connectivity index (χ3n) is 6.43. The zero-order valence-electron chi connectivity index (χ0n) is 25.2. The van der Waals surface area contributed by atoms with Crippen molar-refractivity contribution in [2.45, 2.75) is 0 Å². The molecule has 0 atom stereocenters. The zero-order chi connectivity index (χ0) is 31.6. The second-order valence-electron chi connectivity index (χ2n) is 9.08. The van der Waals surface area contributed by atoms with Gasteiger partial charge in [-0.1, -0.05) is 36.4 Å². The fraction of sp³-hybridized carbons (Fsp3) is 0.176. The van der Waals surface area contributed by atoms with Gasteiger partial charge in [-0.05, 0) is 59.7 Å². The van der Waals surface area contributed by atoms with Gasteiger partial charge in [0.2, 0.25) is 11.5 Å². The Morgan fingerprint density at radius 1 is 0.477 bits per heavy atom. The molecule has 0 bridgehead atoms. The van der Waals surface area contributed by atoms with E-state index in [1.165, 1.54) is 66.9 Å². The summed E-state index contributed by atoms with van der Waals surface area (Å²) in [6, 6.07) is 20.2. The number of esters is 2. The summed E-state index contributed by atoms with van der Waals surface area (Å²) in [5.74, 6) is 1.70. The summed E-state index contributed by atoms with van der Waals surface area (Å²) in [7, 11) is 8.86. The molecule has 0 unspecified atom stereocenters. The fourth-order valence-electron chi connectivity index (χ4n) is 4.25. The van der Waals surface area contributed by atoms with Crippen LogP contribution in [0, 0.1) is 0 Å². The minimum atomic E-state index is -0.581. The molecule has 4 aromatic rings. The Morgan fingerprint density at radius 3 is 1.34 bits per heavy atom. The molecule has 44 heavy (non-hydrogen) atoms. The van der Waals surface area contributed by atoms with Crippen LogP contribution in [0.2, 0.25) is 0 Å². The largest absolute Gasteiger partial charge is 0.493 e. The molecule has 0 aliphatic carbocycles. The number of hydrogen-bond donors (Lipinski definition) is 0. The van der Waals surface area contributed by atoms with Crippen LogP contribution >= 0.6 is 0 Å². The molecule has 0 aliphatic rings. The maximum absolute atomic E-state index is 12.9. The molecule has 0 radical (unpaired) electrons. The number of benzene rings is 4. The van der Waals surface area contributed by atoms with E-state index in [4.69, 9.17) is 37.9 Å². The highest BCUT2D eigenvalue weighted by Crippen LogP contribution is 2.39. The van der Waals surface area contributed by atoms with E-state index >= 15 is 0 Å². The van der Waals surface area contributed by atoms with Crippen LogP contribution in [0.15, 0.2) is 72.8 Å². The van der Waals surface area contributed by atoms with Crippen LogP contribution in [0.25, 0.3) is 12.2 Å². The summed E-state index contributed by atoms with van der Waals surface area (Å²) in [5.41, 5.74) is 2.15. The molecule has 4 rings (SSSR count). The summed E-state index contributed by atoms with van der Waals surface area (Å²) in [6.07, 6.45) is 3.75. The lowest BCUT2D eigenvalue weighted by Gasteiger charge is -2.13. The van der Waals surface area contributed by atoms with Gasteiger partial charge in [-0.2, -0.15) is 0 Å². The average Bonchev–Trinajstić information content (AvgIpc) is 3.06.